The Morgan fingerprint density at radius 2 is 1.97 bits per heavy atom. The molecule has 1 aliphatic rings. The molecule has 0 spiro atoms. The van der Waals surface area contributed by atoms with Crippen LogP contribution in [0.4, 0.5) is 0 Å². The van der Waals surface area contributed by atoms with Gasteiger partial charge in [-0.3, -0.25) is 14.3 Å². The van der Waals surface area contributed by atoms with Crippen LogP contribution >= 0.6 is 0 Å². The average Bonchev–Trinajstić information content (AvgIpc) is 2.95. The number of rotatable bonds is 7. The van der Waals surface area contributed by atoms with Gasteiger partial charge in [-0.05, 0) is 35.4 Å². The lowest BCUT2D eigenvalue weighted by atomic mass is 9.77. The molecule has 0 saturated carbocycles. The van der Waals surface area contributed by atoms with Gasteiger partial charge in [0.1, 0.15) is 11.8 Å². The summed E-state index contributed by atoms with van der Waals surface area (Å²) in [6.07, 6.45) is -0.312. The van der Waals surface area contributed by atoms with Gasteiger partial charge in [-0.2, -0.15) is 0 Å². The molecule has 0 bridgehead atoms. The molecular formula is C21H37N5O5Si. The molecule has 1 saturated heterocycles. The van der Waals surface area contributed by atoms with Crippen LogP contribution in [0.25, 0.3) is 10.4 Å². The van der Waals surface area contributed by atoms with Crippen LogP contribution < -0.4 is 11.2 Å². The first kappa shape index (κ1) is 26.3. The molecule has 1 aliphatic heterocycles. The molecule has 1 unspecified atom stereocenters. The zero-order valence-corrected chi connectivity index (χ0v) is 21.5. The highest BCUT2D eigenvalue weighted by atomic mass is 28.3. The van der Waals surface area contributed by atoms with Crippen molar-refractivity contribution < 1.29 is 14.3 Å². The molecule has 180 valence electrons. The predicted molar refractivity (Wildman–Crippen MR) is 125 cm³/mol. The fourth-order valence-electron chi connectivity index (χ4n) is 5.32. The number of hydrogen-bond acceptors (Lipinski definition) is 6. The zero-order chi connectivity index (χ0) is 24.5. The molecule has 10 nitrogen and oxygen atoms in total. The fraction of sp³-hybridized carbons (Fsp3) is 0.810. The average molecular weight is 468 g/mol. The van der Waals surface area contributed by atoms with E-state index >= 15 is 0 Å². The van der Waals surface area contributed by atoms with E-state index in [0.29, 0.717) is 11.1 Å². The van der Waals surface area contributed by atoms with Crippen LogP contribution in [-0.2, 0) is 9.16 Å². The van der Waals surface area contributed by atoms with Gasteiger partial charge in [0.05, 0.1) is 19.3 Å². The third-order valence-electron chi connectivity index (χ3n) is 6.19. The minimum absolute atomic E-state index is 0.0281. The van der Waals surface area contributed by atoms with Crippen molar-refractivity contribution in [1.29, 1.82) is 0 Å². The number of azide groups is 1. The minimum Gasteiger partial charge on any atom is -0.417 e. The first-order valence-electron chi connectivity index (χ1n) is 10.9. The molecule has 2 N–H and O–H groups in total. The summed E-state index contributed by atoms with van der Waals surface area (Å²) in [5.74, 6) is 0. The molecule has 0 amide bonds. The highest BCUT2D eigenvalue weighted by Crippen LogP contribution is 2.47. The van der Waals surface area contributed by atoms with Gasteiger partial charge in [0, 0.05) is 23.1 Å². The van der Waals surface area contributed by atoms with Crippen molar-refractivity contribution in [3.05, 3.63) is 43.0 Å². The number of H-pyrrole nitrogens is 1. The van der Waals surface area contributed by atoms with E-state index in [4.69, 9.17) is 14.7 Å². The zero-order valence-electron chi connectivity index (χ0n) is 20.4. The van der Waals surface area contributed by atoms with Gasteiger partial charge in [-0.1, -0.05) is 46.7 Å². The maximum absolute atomic E-state index is 12.3. The second-order valence-corrected chi connectivity index (χ2v) is 13.4. The summed E-state index contributed by atoms with van der Waals surface area (Å²) >= 11 is 0. The molecule has 2 heterocycles. The van der Waals surface area contributed by atoms with E-state index in [-0.39, 0.29) is 30.4 Å². The summed E-state index contributed by atoms with van der Waals surface area (Å²) in [5, 5.41) is 14.6. The molecule has 0 aliphatic carbocycles. The van der Waals surface area contributed by atoms with E-state index in [1.54, 1.807) is 6.92 Å². The van der Waals surface area contributed by atoms with E-state index in [1.807, 2.05) is 0 Å². The van der Waals surface area contributed by atoms with Crippen LogP contribution in [-0.4, -0.2) is 48.6 Å². The standard InChI is InChI=1S/C21H37N5O5Si/c1-13-10-26(18(29)24-16(13)28)15-9-14(27)21(31-15,11-23-25-22)12-30-32(8)17(19(2,3)4)20(5,6)7/h10,14-15,17,27,32H,9,11-12H2,1-8H3,(H,24,28,29)/t14-,15+,21+,32?/m0/s1. The Kier molecular flexibility index (Phi) is 7.84. The summed E-state index contributed by atoms with van der Waals surface area (Å²) in [6, 6.07) is 0. The Balaban J connectivity index is 2.32. The van der Waals surface area contributed by atoms with E-state index in [9.17, 15) is 14.7 Å². The van der Waals surface area contributed by atoms with Gasteiger partial charge in [-0.25, -0.2) is 4.79 Å². The van der Waals surface area contributed by atoms with Crippen LogP contribution in [0.15, 0.2) is 20.9 Å². The topological polar surface area (TPSA) is 142 Å². The quantitative estimate of drug-likeness (QED) is 0.274. The summed E-state index contributed by atoms with van der Waals surface area (Å²) in [6.45, 7) is 16.9. The van der Waals surface area contributed by atoms with Crippen LogP contribution in [0.1, 0.15) is 59.8 Å². The first-order valence-corrected chi connectivity index (χ1v) is 13.2. The number of aliphatic hydroxyl groups excluding tert-OH is 1. The number of aromatic amines is 1. The Hall–Kier alpha value is -1.91. The molecule has 1 fully saturated rings. The molecule has 2 rings (SSSR count). The van der Waals surface area contributed by atoms with Gasteiger partial charge in [0.2, 0.25) is 0 Å². The van der Waals surface area contributed by atoms with Crippen molar-refractivity contribution in [3.8, 4) is 0 Å². The lowest BCUT2D eigenvalue weighted by molar-refractivity contribution is -0.118. The Morgan fingerprint density at radius 1 is 1.38 bits per heavy atom. The lowest BCUT2D eigenvalue weighted by Crippen LogP contribution is -2.50. The largest absolute Gasteiger partial charge is 0.417 e. The van der Waals surface area contributed by atoms with Crippen LogP contribution in [0.2, 0.25) is 12.1 Å². The molecule has 1 aromatic rings. The highest BCUT2D eigenvalue weighted by Gasteiger charge is 2.50. The van der Waals surface area contributed by atoms with Gasteiger partial charge in [0.25, 0.3) is 5.56 Å². The van der Waals surface area contributed by atoms with Crippen LogP contribution in [0.5, 0.6) is 0 Å². The van der Waals surface area contributed by atoms with E-state index in [1.165, 1.54) is 10.8 Å². The predicted octanol–water partition coefficient (Wildman–Crippen LogP) is 3.01. The molecule has 0 radical (unpaired) electrons. The summed E-state index contributed by atoms with van der Waals surface area (Å²) in [7, 11) is -1.79. The minimum atomic E-state index is -1.79. The van der Waals surface area contributed by atoms with E-state index < -0.39 is 38.2 Å². The maximum atomic E-state index is 12.3. The van der Waals surface area contributed by atoms with Crippen molar-refractivity contribution >= 4 is 9.04 Å². The normalized spacial score (nSPS) is 25.1. The number of aromatic nitrogens is 2. The molecule has 11 heteroatoms. The third-order valence-corrected chi connectivity index (χ3v) is 9.82. The van der Waals surface area contributed by atoms with Crippen LogP contribution in [0.3, 0.4) is 0 Å². The van der Waals surface area contributed by atoms with Gasteiger partial charge < -0.3 is 14.3 Å². The van der Waals surface area contributed by atoms with E-state index in [0.717, 1.165) is 0 Å². The SMILES string of the molecule is Cc1cn([C@H]2C[C@H](O)[C@@](CN=[N+]=[N-])(CO[SiH](C)C(C(C)(C)C)C(C)(C)C)O2)c(=O)[nH]c1=O. The van der Waals surface area contributed by atoms with Crippen molar-refractivity contribution in [2.75, 3.05) is 13.2 Å². The monoisotopic (exact) mass is 467 g/mol. The number of ether oxygens (including phenoxy) is 1. The number of aliphatic hydroxyl groups is 1. The third kappa shape index (κ3) is 5.71. The Morgan fingerprint density at radius 3 is 2.50 bits per heavy atom. The van der Waals surface area contributed by atoms with Gasteiger partial charge in [-0.15, -0.1) is 0 Å². The van der Waals surface area contributed by atoms with Crippen molar-refractivity contribution in [3.63, 3.8) is 0 Å². The smallest absolute Gasteiger partial charge is 0.330 e. The Bertz CT molecular complexity index is 959. The second-order valence-electron chi connectivity index (χ2n) is 11.0. The molecule has 4 atom stereocenters. The number of nitrogens with one attached hydrogen (secondary N) is 1. The number of aryl methyl sites for hydroxylation is 1. The Labute approximate surface area is 190 Å². The molecule has 0 aromatic carbocycles. The summed E-state index contributed by atoms with van der Waals surface area (Å²) < 4.78 is 13.8. The van der Waals surface area contributed by atoms with Gasteiger partial charge >= 0.3 is 5.69 Å². The van der Waals surface area contributed by atoms with Crippen LogP contribution in [0, 0.1) is 17.8 Å². The first-order chi connectivity index (χ1) is 14.6. The molecule has 32 heavy (non-hydrogen) atoms. The number of hydrogen-bond donors (Lipinski definition) is 2. The molecular weight excluding hydrogens is 430 g/mol. The fourth-order valence-corrected chi connectivity index (χ4v) is 8.87. The van der Waals surface area contributed by atoms with Crippen molar-refractivity contribution in [1.82, 2.24) is 9.55 Å². The summed E-state index contributed by atoms with van der Waals surface area (Å²) in [5.41, 5.74) is 7.26. The summed E-state index contributed by atoms with van der Waals surface area (Å²) in [4.78, 5) is 29.1. The lowest BCUT2D eigenvalue weighted by Gasteiger charge is -2.44. The van der Waals surface area contributed by atoms with Gasteiger partial charge in [0.15, 0.2) is 9.04 Å². The van der Waals surface area contributed by atoms with Crippen molar-refractivity contribution in [2.24, 2.45) is 15.9 Å². The number of nitrogens with zero attached hydrogens (tertiary/aromatic N) is 4. The highest BCUT2D eigenvalue weighted by molar-refractivity contribution is 6.52. The molecule has 1 aromatic heterocycles. The second kappa shape index (κ2) is 9.52. The van der Waals surface area contributed by atoms with Crippen molar-refractivity contribution in [2.45, 2.75) is 84.9 Å². The van der Waals surface area contributed by atoms with E-state index in [2.05, 4.69) is 63.1 Å². The maximum Gasteiger partial charge on any atom is 0.330 e.